The average Bonchev–Trinajstić information content (AvgIpc) is 3.22. The van der Waals surface area contributed by atoms with Crippen LogP contribution in [0.25, 0.3) is 0 Å². The molecule has 122 valence electrons. The average molecular weight is 325 g/mol. The Morgan fingerprint density at radius 2 is 2.09 bits per heavy atom. The third kappa shape index (κ3) is 2.94. The highest BCUT2D eigenvalue weighted by atomic mass is 32.2. The van der Waals surface area contributed by atoms with Crippen molar-refractivity contribution in [1.82, 2.24) is 24.1 Å². The first kappa shape index (κ1) is 15.6. The Morgan fingerprint density at radius 3 is 2.68 bits per heavy atom. The Labute approximate surface area is 134 Å². The third-order valence-corrected chi connectivity index (χ3v) is 5.74. The third-order valence-electron chi connectivity index (χ3n) is 4.67. The minimum atomic E-state index is -0.245. The first-order valence-corrected chi connectivity index (χ1v) is 9.02. The predicted molar refractivity (Wildman–Crippen MR) is 85.9 cm³/mol. The van der Waals surface area contributed by atoms with E-state index in [-0.39, 0.29) is 18.1 Å². The van der Waals surface area contributed by atoms with Gasteiger partial charge in [-0.25, -0.2) is 9.48 Å². The molecule has 2 saturated heterocycles. The van der Waals surface area contributed by atoms with Gasteiger partial charge in [0, 0.05) is 31.4 Å². The second kappa shape index (κ2) is 6.45. The summed E-state index contributed by atoms with van der Waals surface area (Å²) in [5, 5.41) is 4.43. The van der Waals surface area contributed by atoms with Crippen LogP contribution in [-0.4, -0.2) is 73.8 Å². The molecular formula is C14H23N5O2S. The summed E-state index contributed by atoms with van der Waals surface area (Å²) in [5.41, 5.74) is -0.245. The molecule has 2 aliphatic heterocycles. The molecule has 2 aliphatic rings. The number of nitrogens with zero attached hydrogens (tertiary/aromatic N) is 5. The van der Waals surface area contributed by atoms with E-state index in [4.69, 9.17) is 0 Å². The van der Waals surface area contributed by atoms with Gasteiger partial charge in [-0.05, 0) is 32.2 Å². The lowest BCUT2D eigenvalue weighted by molar-refractivity contribution is -0.131. The lowest BCUT2D eigenvalue weighted by Crippen LogP contribution is -2.41. The van der Waals surface area contributed by atoms with Crippen LogP contribution in [0.15, 0.2) is 11.1 Å². The molecule has 8 heteroatoms. The van der Waals surface area contributed by atoms with Crippen molar-refractivity contribution in [2.45, 2.75) is 30.7 Å². The van der Waals surface area contributed by atoms with E-state index in [0.717, 1.165) is 26.2 Å². The Kier molecular flexibility index (Phi) is 4.58. The smallest absolute Gasteiger partial charge is 0.338 e. The summed E-state index contributed by atoms with van der Waals surface area (Å²) < 4.78 is 2.62. The second-order valence-electron chi connectivity index (χ2n) is 6.07. The molecular weight excluding hydrogens is 302 g/mol. The van der Waals surface area contributed by atoms with Gasteiger partial charge in [0.05, 0.1) is 0 Å². The number of carbonyl (C=O) groups is 1. The van der Waals surface area contributed by atoms with Crippen LogP contribution in [-0.2, 0) is 18.4 Å². The predicted octanol–water partition coefficient (Wildman–Crippen LogP) is -0.380. The molecule has 0 radical (unpaired) electrons. The van der Waals surface area contributed by atoms with E-state index in [1.54, 1.807) is 7.05 Å². The van der Waals surface area contributed by atoms with Crippen molar-refractivity contribution in [1.29, 1.82) is 0 Å². The Hall–Kier alpha value is -1.28. The number of aromatic nitrogens is 3. The number of aryl methyl sites for hydroxylation is 1. The quantitative estimate of drug-likeness (QED) is 0.755. The topological polar surface area (TPSA) is 63.4 Å². The molecule has 0 N–H and O–H groups in total. The van der Waals surface area contributed by atoms with E-state index in [0.29, 0.717) is 11.3 Å². The van der Waals surface area contributed by atoms with Crippen LogP contribution in [0.4, 0.5) is 0 Å². The Balaban J connectivity index is 1.66. The van der Waals surface area contributed by atoms with Crippen LogP contribution in [0.3, 0.4) is 0 Å². The van der Waals surface area contributed by atoms with Gasteiger partial charge < -0.3 is 4.90 Å². The zero-order chi connectivity index (χ0) is 15.7. The number of likely N-dealkylation sites (tertiary alicyclic amines) is 2. The van der Waals surface area contributed by atoms with Crippen molar-refractivity contribution in [2.75, 3.05) is 32.4 Å². The number of amides is 1. The van der Waals surface area contributed by atoms with Gasteiger partial charge in [0.25, 0.3) is 0 Å². The van der Waals surface area contributed by atoms with Crippen molar-refractivity contribution >= 4 is 17.7 Å². The lowest BCUT2D eigenvalue weighted by atomic mass is 10.2. The fraction of sp³-hybridized carbons (Fsp3) is 0.786. The van der Waals surface area contributed by atoms with Crippen LogP contribution in [0.2, 0.25) is 0 Å². The number of rotatable bonds is 4. The summed E-state index contributed by atoms with van der Waals surface area (Å²) in [4.78, 5) is 28.7. The first-order valence-electron chi connectivity index (χ1n) is 7.73. The molecule has 0 aliphatic carbocycles. The normalized spacial score (nSPS) is 26.0. The molecule has 2 atom stereocenters. The van der Waals surface area contributed by atoms with Gasteiger partial charge in [0.15, 0.2) is 0 Å². The number of hydrogen-bond acceptors (Lipinski definition) is 5. The second-order valence-corrected chi connectivity index (χ2v) is 7.14. The van der Waals surface area contributed by atoms with E-state index in [9.17, 15) is 9.59 Å². The maximum Gasteiger partial charge on any atom is 0.345 e. The summed E-state index contributed by atoms with van der Waals surface area (Å²) in [6.07, 6.45) is 6.08. The Bertz CT molecular complexity index is 592. The highest BCUT2D eigenvalue weighted by molar-refractivity contribution is 7.99. The fourth-order valence-corrected chi connectivity index (χ4v) is 4.27. The Morgan fingerprint density at radius 1 is 1.36 bits per heavy atom. The highest BCUT2D eigenvalue weighted by Gasteiger charge is 2.39. The van der Waals surface area contributed by atoms with Crippen LogP contribution >= 0.6 is 11.8 Å². The largest absolute Gasteiger partial charge is 0.345 e. The minimum Gasteiger partial charge on any atom is -0.338 e. The monoisotopic (exact) mass is 325 g/mol. The molecule has 0 saturated carbocycles. The van der Waals surface area contributed by atoms with Crippen molar-refractivity contribution in [2.24, 2.45) is 7.05 Å². The molecule has 2 unspecified atom stereocenters. The van der Waals surface area contributed by atoms with Gasteiger partial charge in [0.1, 0.15) is 12.9 Å². The van der Waals surface area contributed by atoms with E-state index >= 15 is 0 Å². The molecule has 22 heavy (non-hydrogen) atoms. The van der Waals surface area contributed by atoms with Crippen LogP contribution < -0.4 is 5.69 Å². The number of thioether (sulfide) groups is 1. The molecule has 1 amide bonds. The van der Waals surface area contributed by atoms with Crippen molar-refractivity contribution < 1.29 is 4.79 Å². The minimum absolute atomic E-state index is 0.0125. The van der Waals surface area contributed by atoms with E-state index in [2.05, 4.69) is 16.3 Å². The molecule has 1 aromatic heterocycles. The fourth-order valence-electron chi connectivity index (χ4n) is 3.37. The van der Waals surface area contributed by atoms with Crippen molar-refractivity contribution in [3.8, 4) is 0 Å². The van der Waals surface area contributed by atoms with Crippen molar-refractivity contribution in [3.63, 3.8) is 0 Å². The standard InChI is InChI=1S/C14H23N5O2S/c1-16-10-15-19(14(16)21)9-13(20)18-7-11(12(8-18)22-2)17-5-3-4-6-17/h10-12H,3-9H2,1-2H3. The zero-order valence-electron chi connectivity index (χ0n) is 13.1. The number of hydrogen-bond donors (Lipinski definition) is 0. The van der Waals surface area contributed by atoms with Crippen LogP contribution in [0, 0.1) is 0 Å². The highest BCUT2D eigenvalue weighted by Crippen LogP contribution is 2.27. The SMILES string of the molecule is CSC1CN(C(=O)Cn2ncn(C)c2=O)CC1N1CCCC1. The molecule has 3 rings (SSSR count). The van der Waals surface area contributed by atoms with E-state index in [1.165, 1.54) is 28.4 Å². The maximum absolute atomic E-state index is 12.5. The van der Waals surface area contributed by atoms with Gasteiger partial charge in [-0.3, -0.25) is 14.3 Å². The summed E-state index contributed by atoms with van der Waals surface area (Å²) in [6, 6.07) is 0.446. The first-order chi connectivity index (χ1) is 10.6. The molecule has 0 aromatic carbocycles. The summed E-state index contributed by atoms with van der Waals surface area (Å²) in [6.45, 7) is 3.86. The summed E-state index contributed by atoms with van der Waals surface area (Å²) >= 11 is 1.84. The zero-order valence-corrected chi connectivity index (χ0v) is 14.0. The van der Waals surface area contributed by atoms with E-state index < -0.39 is 0 Å². The van der Waals surface area contributed by atoms with E-state index in [1.807, 2.05) is 16.7 Å². The van der Waals surface area contributed by atoms with Gasteiger partial charge in [-0.15, -0.1) is 0 Å². The van der Waals surface area contributed by atoms with Gasteiger partial charge in [0.2, 0.25) is 5.91 Å². The summed E-state index contributed by atoms with van der Waals surface area (Å²) in [7, 11) is 1.64. The lowest BCUT2D eigenvalue weighted by Gasteiger charge is -2.26. The molecule has 3 heterocycles. The number of carbonyl (C=O) groups excluding carboxylic acids is 1. The molecule has 0 bridgehead atoms. The van der Waals surface area contributed by atoms with Crippen LogP contribution in [0.5, 0.6) is 0 Å². The molecule has 7 nitrogen and oxygen atoms in total. The molecule has 2 fully saturated rings. The molecule has 0 spiro atoms. The summed E-state index contributed by atoms with van der Waals surface area (Å²) in [5.74, 6) is -0.0125. The van der Waals surface area contributed by atoms with Gasteiger partial charge in [-0.1, -0.05) is 0 Å². The van der Waals surface area contributed by atoms with Crippen LogP contribution in [0.1, 0.15) is 12.8 Å². The molecule has 1 aromatic rings. The van der Waals surface area contributed by atoms with Crippen molar-refractivity contribution in [3.05, 3.63) is 16.8 Å². The maximum atomic E-state index is 12.5. The van der Waals surface area contributed by atoms with Gasteiger partial charge in [-0.2, -0.15) is 16.9 Å². The van der Waals surface area contributed by atoms with Gasteiger partial charge >= 0.3 is 5.69 Å².